The summed E-state index contributed by atoms with van der Waals surface area (Å²) in [7, 11) is 0. The Bertz CT molecular complexity index is 112. The normalized spacial score (nSPS) is 39.0. The zero-order chi connectivity index (χ0) is 6.32. The lowest BCUT2D eigenvalue weighted by Gasteiger charge is -2.12. The van der Waals surface area contributed by atoms with Gasteiger partial charge in [0.05, 0.1) is 12.2 Å². The van der Waals surface area contributed by atoms with E-state index in [1.165, 1.54) is 0 Å². The fourth-order valence-corrected chi connectivity index (χ4v) is 1.49. The van der Waals surface area contributed by atoms with E-state index in [-0.39, 0.29) is 5.60 Å². The van der Waals surface area contributed by atoms with Gasteiger partial charge >= 0.3 is 0 Å². The van der Waals surface area contributed by atoms with Gasteiger partial charge in [-0.2, -0.15) is 0 Å². The maximum atomic E-state index is 9.55. The second-order valence-corrected chi connectivity index (χ2v) is 3.16. The molecular weight excluding hydrogens is 116 g/mol. The van der Waals surface area contributed by atoms with Crippen molar-refractivity contribution in [2.75, 3.05) is 13.2 Å². The maximum Gasteiger partial charge on any atom is 0.0700 e. The summed E-state index contributed by atoms with van der Waals surface area (Å²) in [6, 6.07) is 0. The van der Waals surface area contributed by atoms with Crippen LogP contribution in [0.2, 0.25) is 0 Å². The summed E-state index contributed by atoms with van der Waals surface area (Å²) in [6.45, 7) is 1.64. The summed E-state index contributed by atoms with van der Waals surface area (Å²) in [5, 5.41) is 9.55. The Balaban J connectivity index is 1.97. The molecule has 1 atom stereocenters. The predicted molar refractivity (Wildman–Crippen MR) is 33.1 cm³/mol. The third-order valence-electron chi connectivity index (χ3n) is 2.45. The van der Waals surface area contributed by atoms with Gasteiger partial charge in [-0.25, -0.2) is 0 Å². The van der Waals surface area contributed by atoms with Gasteiger partial charge in [-0.3, -0.25) is 0 Å². The van der Waals surface area contributed by atoms with E-state index in [0.29, 0.717) is 5.92 Å². The van der Waals surface area contributed by atoms with Crippen molar-refractivity contribution in [2.24, 2.45) is 5.92 Å². The van der Waals surface area contributed by atoms with Crippen molar-refractivity contribution in [1.82, 2.24) is 0 Å². The quantitative estimate of drug-likeness (QED) is 0.558. The molecule has 0 spiro atoms. The van der Waals surface area contributed by atoms with Crippen LogP contribution in [0.4, 0.5) is 0 Å². The lowest BCUT2D eigenvalue weighted by molar-refractivity contribution is 0.0702. The summed E-state index contributed by atoms with van der Waals surface area (Å²) in [4.78, 5) is 0. The van der Waals surface area contributed by atoms with Gasteiger partial charge in [-0.15, -0.1) is 0 Å². The molecule has 1 unspecified atom stereocenters. The highest BCUT2D eigenvalue weighted by Gasteiger charge is 2.48. The monoisotopic (exact) mass is 128 g/mol. The highest BCUT2D eigenvalue weighted by Crippen LogP contribution is 2.45. The standard InChI is InChI=1S/C7H12O2/c8-7(2-3-7)6-1-4-9-5-6/h6,8H,1-5H2. The van der Waals surface area contributed by atoms with Gasteiger partial charge in [0.25, 0.3) is 0 Å². The molecule has 1 saturated carbocycles. The van der Waals surface area contributed by atoms with Crippen molar-refractivity contribution in [1.29, 1.82) is 0 Å². The molecular formula is C7H12O2. The van der Waals surface area contributed by atoms with Crippen molar-refractivity contribution < 1.29 is 9.84 Å². The van der Waals surface area contributed by atoms with Crippen LogP contribution in [0.1, 0.15) is 19.3 Å². The van der Waals surface area contributed by atoms with Crippen LogP contribution in [0, 0.1) is 5.92 Å². The second kappa shape index (κ2) is 1.70. The number of aliphatic hydroxyl groups is 1. The highest BCUT2D eigenvalue weighted by atomic mass is 16.5. The Morgan fingerprint density at radius 1 is 1.44 bits per heavy atom. The minimum atomic E-state index is -0.295. The van der Waals surface area contributed by atoms with Crippen molar-refractivity contribution in [3.63, 3.8) is 0 Å². The van der Waals surface area contributed by atoms with E-state index in [1.807, 2.05) is 0 Å². The minimum Gasteiger partial charge on any atom is -0.390 e. The predicted octanol–water partition coefficient (Wildman–Crippen LogP) is 0.548. The highest BCUT2D eigenvalue weighted by molar-refractivity contribution is 5.00. The van der Waals surface area contributed by atoms with Gasteiger partial charge in [0.15, 0.2) is 0 Å². The maximum absolute atomic E-state index is 9.55. The summed E-state index contributed by atoms with van der Waals surface area (Å²) >= 11 is 0. The van der Waals surface area contributed by atoms with Crippen LogP contribution in [0.15, 0.2) is 0 Å². The summed E-state index contributed by atoms with van der Waals surface area (Å²) in [5.74, 6) is 0.456. The molecule has 2 aliphatic rings. The Morgan fingerprint density at radius 3 is 2.67 bits per heavy atom. The van der Waals surface area contributed by atoms with E-state index in [2.05, 4.69) is 0 Å². The fourth-order valence-electron chi connectivity index (χ4n) is 1.49. The third-order valence-corrected chi connectivity index (χ3v) is 2.45. The number of hydrogen-bond acceptors (Lipinski definition) is 2. The SMILES string of the molecule is OC1(C2CCOC2)CC1. The fraction of sp³-hybridized carbons (Fsp3) is 1.00. The zero-order valence-corrected chi connectivity index (χ0v) is 5.47. The first-order valence-electron chi connectivity index (χ1n) is 3.61. The average molecular weight is 128 g/mol. The zero-order valence-electron chi connectivity index (χ0n) is 5.47. The summed E-state index contributed by atoms with van der Waals surface area (Å²) < 4.78 is 5.16. The molecule has 2 rings (SSSR count). The van der Waals surface area contributed by atoms with E-state index in [4.69, 9.17) is 4.74 Å². The molecule has 0 aromatic heterocycles. The molecule has 1 N–H and O–H groups in total. The van der Waals surface area contributed by atoms with Crippen LogP contribution in [0.25, 0.3) is 0 Å². The van der Waals surface area contributed by atoms with E-state index in [0.717, 1.165) is 32.5 Å². The van der Waals surface area contributed by atoms with Crippen molar-refractivity contribution in [3.05, 3.63) is 0 Å². The van der Waals surface area contributed by atoms with E-state index in [9.17, 15) is 5.11 Å². The topological polar surface area (TPSA) is 29.5 Å². The van der Waals surface area contributed by atoms with Crippen LogP contribution in [0.5, 0.6) is 0 Å². The molecule has 1 aliphatic heterocycles. The lowest BCUT2D eigenvalue weighted by atomic mass is 10.0. The Labute approximate surface area is 54.8 Å². The lowest BCUT2D eigenvalue weighted by Crippen LogP contribution is -2.21. The van der Waals surface area contributed by atoms with Crippen LogP contribution < -0.4 is 0 Å². The van der Waals surface area contributed by atoms with Crippen molar-refractivity contribution in [2.45, 2.75) is 24.9 Å². The summed E-state index contributed by atoms with van der Waals surface area (Å²) in [5.41, 5.74) is -0.295. The molecule has 52 valence electrons. The van der Waals surface area contributed by atoms with Gasteiger partial charge in [0.1, 0.15) is 0 Å². The van der Waals surface area contributed by atoms with Crippen LogP contribution in [-0.4, -0.2) is 23.9 Å². The smallest absolute Gasteiger partial charge is 0.0700 e. The molecule has 1 saturated heterocycles. The molecule has 0 bridgehead atoms. The van der Waals surface area contributed by atoms with Gasteiger partial charge in [0, 0.05) is 12.5 Å². The molecule has 1 aliphatic carbocycles. The van der Waals surface area contributed by atoms with Crippen molar-refractivity contribution in [3.8, 4) is 0 Å². The molecule has 2 fully saturated rings. The first kappa shape index (κ1) is 5.69. The molecule has 0 amide bonds. The Morgan fingerprint density at radius 2 is 2.22 bits per heavy atom. The van der Waals surface area contributed by atoms with Crippen LogP contribution >= 0.6 is 0 Å². The van der Waals surface area contributed by atoms with Gasteiger partial charge < -0.3 is 9.84 Å². The molecule has 0 radical (unpaired) electrons. The molecule has 1 heterocycles. The van der Waals surface area contributed by atoms with Gasteiger partial charge in [0.2, 0.25) is 0 Å². The van der Waals surface area contributed by atoms with E-state index < -0.39 is 0 Å². The molecule has 2 heteroatoms. The Kier molecular flexibility index (Phi) is 1.08. The molecule has 0 aromatic carbocycles. The first-order chi connectivity index (χ1) is 4.31. The Hall–Kier alpha value is -0.0800. The average Bonchev–Trinajstić information content (AvgIpc) is 2.46. The van der Waals surface area contributed by atoms with Gasteiger partial charge in [-0.05, 0) is 19.3 Å². The van der Waals surface area contributed by atoms with Crippen LogP contribution in [-0.2, 0) is 4.74 Å². The van der Waals surface area contributed by atoms with E-state index in [1.54, 1.807) is 0 Å². The molecule has 2 nitrogen and oxygen atoms in total. The molecule has 9 heavy (non-hydrogen) atoms. The number of ether oxygens (including phenoxy) is 1. The summed E-state index contributed by atoms with van der Waals surface area (Å²) in [6.07, 6.45) is 3.07. The minimum absolute atomic E-state index is 0.295. The van der Waals surface area contributed by atoms with Crippen LogP contribution in [0.3, 0.4) is 0 Å². The van der Waals surface area contributed by atoms with Gasteiger partial charge in [-0.1, -0.05) is 0 Å². The van der Waals surface area contributed by atoms with E-state index >= 15 is 0 Å². The van der Waals surface area contributed by atoms with Crippen molar-refractivity contribution >= 4 is 0 Å². The number of hydrogen-bond donors (Lipinski definition) is 1. The second-order valence-electron chi connectivity index (χ2n) is 3.16. The third kappa shape index (κ3) is 0.864. The molecule has 0 aromatic rings. The first-order valence-corrected chi connectivity index (χ1v) is 3.61. The largest absolute Gasteiger partial charge is 0.390 e. The number of rotatable bonds is 1.